The summed E-state index contributed by atoms with van der Waals surface area (Å²) in [7, 11) is 0. The van der Waals surface area contributed by atoms with Crippen molar-refractivity contribution in [3.05, 3.63) is 72.6 Å². The zero-order valence-corrected chi connectivity index (χ0v) is 15.8. The first-order valence-corrected chi connectivity index (χ1v) is 9.41. The van der Waals surface area contributed by atoms with Crippen molar-refractivity contribution in [1.29, 1.82) is 0 Å². The van der Waals surface area contributed by atoms with Gasteiger partial charge in [0.2, 0.25) is 0 Å². The normalized spacial score (nSPS) is 11.2. The molecule has 0 radical (unpaired) electrons. The van der Waals surface area contributed by atoms with Crippen molar-refractivity contribution in [3.8, 4) is 33.4 Å². The van der Waals surface area contributed by atoms with Crippen molar-refractivity contribution >= 4 is 33.5 Å². The van der Waals surface area contributed by atoms with Gasteiger partial charge >= 0.3 is 5.97 Å². The lowest BCUT2D eigenvalue weighted by Crippen LogP contribution is -1.89. The number of carboxylic acid groups (broad SMARTS) is 1. The Hall–Kier alpha value is -3.84. The summed E-state index contributed by atoms with van der Waals surface area (Å²) in [4.78, 5) is 15.7. The van der Waals surface area contributed by atoms with Crippen molar-refractivity contribution in [2.75, 3.05) is 0 Å². The predicted molar refractivity (Wildman–Crippen MR) is 112 cm³/mol. The van der Waals surface area contributed by atoms with E-state index in [-0.39, 0.29) is 11.5 Å². The molecule has 144 valence electrons. The number of aromatic hydroxyl groups is 2. The summed E-state index contributed by atoms with van der Waals surface area (Å²) in [6, 6.07) is 15.2. The van der Waals surface area contributed by atoms with Crippen LogP contribution in [-0.2, 0) is 4.79 Å². The van der Waals surface area contributed by atoms with Crippen LogP contribution in [0.4, 0.5) is 0 Å². The van der Waals surface area contributed by atoms with Crippen LogP contribution in [0.15, 0.2) is 66.9 Å². The Morgan fingerprint density at radius 1 is 1.00 bits per heavy atom. The number of aromatic nitrogens is 1. The number of phenols is 2. The number of carboxylic acids is 1. The first-order valence-electron chi connectivity index (χ1n) is 8.59. The summed E-state index contributed by atoms with van der Waals surface area (Å²) in [6.45, 7) is 0. The standard InChI is InChI=1S/C22H15NO5S/c24-15-5-1-13(2-6-15)22-21(18-9-7-16(25)11-19(18)29-22)28-17-8-3-14(23-12-17)4-10-20(26)27/h1-12,24-25H,(H,26,27). The Morgan fingerprint density at radius 2 is 1.76 bits per heavy atom. The third-order valence-electron chi connectivity index (χ3n) is 4.13. The van der Waals surface area contributed by atoms with Gasteiger partial charge in [-0.3, -0.25) is 4.98 Å². The minimum Gasteiger partial charge on any atom is -0.508 e. The van der Waals surface area contributed by atoms with E-state index >= 15 is 0 Å². The Labute approximate surface area is 169 Å². The second-order valence-electron chi connectivity index (χ2n) is 6.18. The minimum atomic E-state index is -1.04. The van der Waals surface area contributed by atoms with Crippen LogP contribution in [0.3, 0.4) is 0 Å². The van der Waals surface area contributed by atoms with Gasteiger partial charge in [0, 0.05) is 16.2 Å². The zero-order valence-electron chi connectivity index (χ0n) is 14.9. The molecule has 2 aromatic carbocycles. The molecule has 0 saturated heterocycles. The summed E-state index contributed by atoms with van der Waals surface area (Å²) < 4.78 is 6.99. The largest absolute Gasteiger partial charge is 0.508 e. The topological polar surface area (TPSA) is 99.9 Å². The molecule has 4 rings (SSSR count). The Balaban J connectivity index is 1.75. The van der Waals surface area contributed by atoms with Crippen LogP contribution in [0.25, 0.3) is 26.6 Å². The van der Waals surface area contributed by atoms with E-state index in [1.54, 1.807) is 54.6 Å². The molecule has 7 heteroatoms. The molecule has 0 saturated carbocycles. The van der Waals surface area contributed by atoms with Gasteiger partial charge < -0.3 is 20.1 Å². The SMILES string of the molecule is O=C(O)C=Cc1ccc(Oc2c(-c3ccc(O)cc3)sc3cc(O)ccc23)cn1. The smallest absolute Gasteiger partial charge is 0.328 e. The molecule has 0 spiro atoms. The van der Waals surface area contributed by atoms with Crippen LogP contribution in [0, 0.1) is 0 Å². The molecular weight excluding hydrogens is 390 g/mol. The summed E-state index contributed by atoms with van der Waals surface area (Å²) in [5, 5.41) is 28.9. The van der Waals surface area contributed by atoms with E-state index < -0.39 is 5.97 Å². The average Bonchev–Trinajstić information content (AvgIpc) is 3.05. The molecule has 0 amide bonds. The molecule has 0 aliphatic rings. The van der Waals surface area contributed by atoms with E-state index in [1.807, 2.05) is 0 Å². The van der Waals surface area contributed by atoms with Gasteiger partial charge in [-0.05, 0) is 66.2 Å². The molecule has 2 heterocycles. The first-order chi connectivity index (χ1) is 14.0. The summed E-state index contributed by atoms with van der Waals surface area (Å²) in [6.07, 6.45) is 3.94. The van der Waals surface area contributed by atoms with Gasteiger partial charge in [-0.1, -0.05) is 0 Å². The average molecular weight is 405 g/mol. The third kappa shape index (κ3) is 4.04. The van der Waals surface area contributed by atoms with Crippen LogP contribution < -0.4 is 4.74 Å². The number of pyridine rings is 1. The number of benzene rings is 2. The molecule has 6 nitrogen and oxygen atoms in total. The van der Waals surface area contributed by atoms with Crippen LogP contribution in [0.2, 0.25) is 0 Å². The highest BCUT2D eigenvalue weighted by Crippen LogP contribution is 2.47. The van der Waals surface area contributed by atoms with Crippen LogP contribution >= 0.6 is 11.3 Å². The van der Waals surface area contributed by atoms with E-state index in [2.05, 4.69) is 4.98 Å². The highest BCUT2D eigenvalue weighted by atomic mass is 32.1. The lowest BCUT2D eigenvalue weighted by Gasteiger charge is -2.08. The van der Waals surface area contributed by atoms with Crippen LogP contribution in [-0.4, -0.2) is 26.3 Å². The van der Waals surface area contributed by atoms with E-state index in [9.17, 15) is 15.0 Å². The highest BCUT2D eigenvalue weighted by molar-refractivity contribution is 7.22. The van der Waals surface area contributed by atoms with Crippen molar-refractivity contribution in [3.63, 3.8) is 0 Å². The summed E-state index contributed by atoms with van der Waals surface area (Å²) in [5.74, 6) is 0.401. The van der Waals surface area contributed by atoms with Crippen molar-refractivity contribution in [2.24, 2.45) is 0 Å². The summed E-state index contributed by atoms with van der Waals surface area (Å²) >= 11 is 1.47. The predicted octanol–water partition coefficient (Wildman–Crippen LogP) is 5.26. The second kappa shape index (κ2) is 7.65. The third-order valence-corrected chi connectivity index (χ3v) is 5.32. The first kappa shape index (κ1) is 18.5. The van der Waals surface area contributed by atoms with E-state index in [0.717, 1.165) is 26.6 Å². The number of rotatable bonds is 5. The minimum absolute atomic E-state index is 0.166. The molecule has 0 aliphatic carbocycles. The van der Waals surface area contributed by atoms with E-state index in [1.165, 1.54) is 23.6 Å². The monoisotopic (exact) mass is 405 g/mol. The lowest BCUT2D eigenvalue weighted by atomic mass is 10.1. The van der Waals surface area contributed by atoms with Gasteiger partial charge in [0.25, 0.3) is 0 Å². The number of thiophene rings is 1. The number of fused-ring (bicyclic) bond motifs is 1. The number of carbonyl (C=O) groups is 1. The zero-order chi connectivity index (χ0) is 20.4. The Bertz CT molecular complexity index is 1210. The number of ether oxygens (including phenoxy) is 1. The molecule has 0 fully saturated rings. The van der Waals surface area contributed by atoms with E-state index in [4.69, 9.17) is 9.84 Å². The molecule has 0 unspecified atom stereocenters. The number of phenolic OH excluding ortho intramolecular Hbond substituents is 2. The fourth-order valence-corrected chi connectivity index (χ4v) is 3.96. The second-order valence-corrected chi connectivity index (χ2v) is 7.23. The maximum Gasteiger partial charge on any atom is 0.328 e. The Morgan fingerprint density at radius 3 is 2.45 bits per heavy atom. The fourth-order valence-electron chi connectivity index (χ4n) is 2.79. The number of aliphatic carboxylic acids is 1. The molecule has 0 aliphatic heterocycles. The molecule has 2 aromatic heterocycles. The molecule has 4 aromatic rings. The molecule has 3 N–H and O–H groups in total. The molecule has 0 bridgehead atoms. The molecule has 29 heavy (non-hydrogen) atoms. The van der Waals surface area contributed by atoms with Gasteiger partial charge in [0.15, 0.2) is 5.75 Å². The highest BCUT2D eigenvalue weighted by Gasteiger charge is 2.17. The van der Waals surface area contributed by atoms with Crippen molar-refractivity contribution < 1.29 is 24.9 Å². The Kier molecular flexibility index (Phi) is 4.88. The summed E-state index contributed by atoms with van der Waals surface area (Å²) in [5.41, 5.74) is 1.37. The van der Waals surface area contributed by atoms with Gasteiger partial charge in [-0.15, -0.1) is 11.3 Å². The fraction of sp³-hybridized carbons (Fsp3) is 0. The van der Waals surface area contributed by atoms with Crippen LogP contribution in [0.1, 0.15) is 5.69 Å². The maximum absolute atomic E-state index is 10.6. The molecule has 0 atom stereocenters. The molecular formula is C22H15NO5S. The number of hydrogen-bond donors (Lipinski definition) is 3. The van der Waals surface area contributed by atoms with Gasteiger partial charge in [0.05, 0.1) is 16.8 Å². The lowest BCUT2D eigenvalue weighted by molar-refractivity contribution is -0.131. The number of nitrogens with zero attached hydrogens (tertiary/aromatic N) is 1. The van der Waals surface area contributed by atoms with Crippen molar-refractivity contribution in [1.82, 2.24) is 4.98 Å². The van der Waals surface area contributed by atoms with E-state index in [0.29, 0.717) is 17.2 Å². The van der Waals surface area contributed by atoms with Gasteiger partial charge in [-0.25, -0.2) is 4.79 Å². The maximum atomic E-state index is 10.6. The number of hydrogen-bond acceptors (Lipinski definition) is 6. The van der Waals surface area contributed by atoms with Gasteiger partial charge in [-0.2, -0.15) is 0 Å². The van der Waals surface area contributed by atoms with Gasteiger partial charge in [0.1, 0.15) is 17.2 Å². The van der Waals surface area contributed by atoms with Crippen LogP contribution in [0.5, 0.6) is 23.0 Å². The van der Waals surface area contributed by atoms with Crippen molar-refractivity contribution in [2.45, 2.75) is 0 Å². The quantitative estimate of drug-likeness (QED) is 0.392.